The summed E-state index contributed by atoms with van der Waals surface area (Å²) in [5, 5.41) is 7.98. The molecule has 0 saturated heterocycles. The first kappa shape index (κ1) is 14.5. The summed E-state index contributed by atoms with van der Waals surface area (Å²) in [6, 6.07) is 0.554. The van der Waals surface area contributed by atoms with Gasteiger partial charge in [0.2, 0.25) is 0 Å². The minimum absolute atomic E-state index is 0.120. The lowest BCUT2D eigenvalue weighted by Gasteiger charge is -2.29. The highest BCUT2D eigenvalue weighted by Crippen LogP contribution is 2.34. The first-order valence-electron chi connectivity index (χ1n) is 7.63. The average Bonchev–Trinajstić information content (AvgIpc) is 2.84. The van der Waals surface area contributed by atoms with Gasteiger partial charge in [-0.3, -0.25) is 0 Å². The van der Waals surface area contributed by atoms with Crippen LogP contribution in [0.5, 0.6) is 0 Å². The molecule has 0 aliphatic heterocycles. The van der Waals surface area contributed by atoms with Gasteiger partial charge in [-0.15, -0.1) is 0 Å². The van der Waals surface area contributed by atoms with Gasteiger partial charge in [-0.25, -0.2) is 9.67 Å². The number of nitrogens with one attached hydrogen (secondary N) is 1. The molecule has 19 heavy (non-hydrogen) atoms. The van der Waals surface area contributed by atoms with E-state index in [2.05, 4.69) is 47.8 Å². The molecule has 0 radical (unpaired) electrons. The molecule has 1 saturated carbocycles. The molecule has 4 nitrogen and oxygen atoms in total. The number of nitrogens with zero attached hydrogens (tertiary/aromatic N) is 3. The highest BCUT2D eigenvalue weighted by Gasteiger charge is 2.24. The summed E-state index contributed by atoms with van der Waals surface area (Å²) in [5.41, 5.74) is 0.120. The lowest BCUT2D eigenvalue weighted by atomic mass is 9.84. The normalized spacial score (nSPS) is 24.6. The zero-order valence-electron chi connectivity index (χ0n) is 12.8. The highest BCUT2D eigenvalue weighted by molar-refractivity contribution is 4.91. The Labute approximate surface area is 117 Å². The third kappa shape index (κ3) is 4.03. The van der Waals surface area contributed by atoms with Crippen LogP contribution in [0.1, 0.15) is 71.7 Å². The Hall–Kier alpha value is -0.900. The van der Waals surface area contributed by atoms with Gasteiger partial charge < -0.3 is 5.32 Å². The molecule has 1 heterocycles. The highest BCUT2D eigenvalue weighted by atomic mass is 15.4. The van der Waals surface area contributed by atoms with E-state index in [4.69, 9.17) is 0 Å². The predicted molar refractivity (Wildman–Crippen MR) is 77.9 cm³/mol. The van der Waals surface area contributed by atoms with Crippen LogP contribution < -0.4 is 5.32 Å². The van der Waals surface area contributed by atoms with Crippen molar-refractivity contribution in [2.24, 2.45) is 5.92 Å². The molecule has 108 valence electrons. The Morgan fingerprint density at radius 2 is 2.16 bits per heavy atom. The van der Waals surface area contributed by atoms with E-state index >= 15 is 0 Å². The summed E-state index contributed by atoms with van der Waals surface area (Å²) in [4.78, 5) is 4.43. The molecular formula is C15H28N4. The molecule has 2 rings (SSSR count). The van der Waals surface area contributed by atoms with Crippen LogP contribution in [0.25, 0.3) is 0 Å². The molecule has 1 aromatic heterocycles. The van der Waals surface area contributed by atoms with Gasteiger partial charge in [0.1, 0.15) is 12.2 Å². The van der Waals surface area contributed by atoms with Crippen molar-refractivity contribution < 1.29 is 0 Å². The standard InChI is InChI=1S/C15H28N4/c1-5-12-7-6-8-13(9-12)19-14(16-11-18-19)10-17-15(2,3)4/h11-13,17H,5-10H2,1-4H3. The maximum Gasteiger partial charge on any atom is 0.141 e. The monoisotopic (exact) mass is 264 g/mol. The van der Waals surface area contributed by atoms with Gasteiger partial charge in [0.05, 0.1) is 12.6 Å². The summed E-state index contributed by atoms with van der Waals surface area (Å²) >= 11 is 0. The molecule has 1 fully saturated rings. The zero-order valence-corrected chi connectivity index (χ0v) is 12.8. The van der Waals surface area contributed by atoms with E-state index < -0.39 is 0 Å². The minimum Gasteiger partial charge on any atom is -0.305 e. The van der Waals surface area contributed by atoms with Gasteiger partial charge in [-0.05, 0) is 39.5 Å². The van der Waals surface area contributed by atoms with Crippen molar-refractivity contribution in [3.8, 4) is 0 Å². The van der Waals surface area contributed by atoms with Crippen LogP contribution in [0.3, 0.4) is 0 Å². The van der Waals surface area contributed by atoms with Crippen LogP contribution in [0.2, 0.25) is 0 Å². The van der Waals surface area contributed by atoms with Gasteiger partial charge in [-0.2, -0.15) is 5.10 Å². The molecule has 1 N–H and O–H groups in total. The number of rotatable bonds is 4. The third-order valence-electron chi connectivity index (χ3n) is 4.10. The Balaban J connectivity index is 2.02. The molecule has 0 aromatic carbocycles. The molecule has 0 amide bonds. The van der Waals surface area contributed by atoms with Crippen LogP contribution in [-0.2, 0) is 6.54 Å². The van der Waals surface area contributed by atoms with E-state index in [1.165, 1.54) is 32.1 Å². The lowest BCUT2D eigenvalue weighted by molar-refractivity contribution is 0.240. The minimum atomic E-state index is 0.120. The van der Waals surface area contributed by atoms with E-state index in [-0.39, 0.29) is 5.54 Å². The van der Waals surface area contributed by atoms with Gasteiger partial charge in [0.15, 0.2) is 0 Å². The quantitative estimate of drug-likeness (QED) is 0.907. The molecule has 1 aliphatic carbocycles. The summed E-state index contributed by atoms with van der Waals surface area (Å²) < 4.78 is 2.17. The van der Waals surface area contributed by atoms with Crippen molar-refractivity contribution in [1.82, 2.24) is 20.1 Å². The second kappa shape index (κ2) is 6.04. The van der Waals surface area contributed by atoms with E-state index in [0.717, 1.165) is 18.3 Å². The van der Waals surface area contributed by atoms with Gasteiger partial charge >= 0.3 is 0 Å². The second-order valence-electron chi connectivity index (χ2n) is 6.82. The predicted octanol–water partition coefficient (Wildman–Crippen LogP) is 3.31. The van der Waals surface area contributed by atoms with Crippen LogP contribution in [0.4, 0.5) is 0 Å². The van der Waals surface area contributed by atoms with Crippen LogP contribution in [-0.4, -0.2) is 20.3 Å². The topological polar surface area (TPSA) is 42.7 Å². The second-order valence-corrected chi connectivity index (χ2v) is 6.82. The fourth-order valence-electron chi connectivity index (χ4n) is 2.91. The third-order valence-corrected chi connectivity index (χ3v) is 4.10. The molecule has 2 unspecified atom stereocenters. The van der Waals surface area contributed by atoms with Crippen LogP contribution >= 0.6 is 0 Å². The number of hydrogen-bond acceptors (Lipinski definition) is 3. The Bertz CT molecular complexity index is 391. The molecule has 2 atom stereocenters. The molecule has 0 bridgehead atoms. The van der Waals surface area contributed by atoms with E-state index in [1.807, 2.05) is 0 Å². The van der Waals surface area contributed by atoms with Gasteiger partial charge in [0.25, 0.3) is 0 Å². The summed E-state index contributed by atoms with van der Waals surface area (Å²) in [6.45, 7) is 9.65. The molecule has 4 heteroatoms. The van der Waals surface area contributed by atoms with Gasteiger partial charge in [-0.1, -0.05) is 26.2 Å². The Morgan fingerprint density at radius 1 is 1.37 bits per heavy atom. The molecule has 1 aromatic rings. The van der Waals surface area contributed by atoms with Crippen molar-refractivity contribution in [2.75, 3.05) is 0 Å². The molecular weight excluding hydrogens is 236 g/mol. The largest absolute Gasteiger partial charge is 0.305 e. The van der Waals surface area contributed by atoms with E-state index in [9.17, 15) is 0 Å². The van der Waals surface area contributed by atoms with Crippen molar-refractivity contribution >= 4 is 0 Å². The SMILES string of the molecule is CCC1CCCC(n2ncnc2CNC(C)(C)C)C1. The lowest BCUT2D eigenvalue weighted by Crippen LogP contribution is -2.36. The molecule has 0 spiro atoms. The Kier molecular flexibility index (Phi) is 4.61. The first-order valence-corrected chi connectivity index (χ1v) is 7.63. The van der Waals surface area contributed by atoms with Crippen molar-refractivity contribution in [1.29, 1.82) is 0 Å². The van der Waals surface area contributed by atoms with E-state index in [0.29, 0.717) is 6.04 Å². The summed E-state index contributed by atoms with van der Waals surface area (Å²) in [6.07, 6.45) is 8.23. The first-order chi connectivity index (χ1) is 8.99. The van der Waals surface area contributed by atoms with Crippen LogP contribution in [0.15, 0.2) is 6.33 Å². The molecule has 1 aliphatic rings. The smallest absolute Gasteiger partial charge is 0.141 e. The van der Waals surface area contributed by atoms with Crippen molar-refractivity contribution in [3.05, 3.63) is 12.2 Å². The van der Waals surface area contributed by atoms with Gasteiger partial charge in [0, 0.05) is 5.54 Å². The van der Waals surface area contributed by atoms with Crippen LogP contribution in [0, 0.1) is 5.92 Å². The Morgan fingerprint density at radius 3 is 2.84 bits per heavy atom. The average molecular weight is 264 g/mol. The number of aromatic nitrogens is 3. The number of hydrogen-bond donors (Lipinski definition) is 1. The van der Waals surface area contributed by atoms with Crippen molar-refractivity contribution in [3.63, 3.8) is 0 Å². The fraction of sp³-hybridized carbons (Fsp3) is 0.867. The zero-order chi connectivity index (χ0) is 13.9. The maximum atomic E-state index is 4.47. The van der Waals surface area contributed by atoms with E-state index in [1.54, 1.807) is 6.33 Å². The summed E-state index contributed by atoms with van der Waals surface area (Å²) in [5.74, 6) is 1.95. The summed E-state index contributed by atoms with van der Waals surface area (Å²) in [7, 11) is 0. The maximum absolute atomic E-state index is 4.47. The van der Waals surface area contributed by atoms with Crippen molar-refractivity contribution in [2.45, 2.75) is 77.9 Å². The fourth-order valence-corrected chi connectivity index (χ4v) is 2.91.